The second kappa shape index (κ2) is 3.16. The maximum atomic E-state index is 10.8. The molecule has 1 saturated carbocycles. The molecule has 1 aliphatic carbocycles. The lowest BCUT2D eigenvalue weighted by molar-refractivity contribution is -0.110. The van der Waals surface area contributed by atoms with Gasteiger partial charge in [0.1, 0.15) is 0 Å². The zero-order valence-electron chi connectivity index (χ0n) is 5.84. The molecule has 1 heteroatoms. The zero-order valence-corrected chi connectivity index (χ0v) is 5.84. The van der Waals surface area contributed by atoms with Crippen molar-refractivity contribution in [1.29, 1.82) is 0 Å². The number of ketones is 1. The molecule has 1 rings (SSSR count). The van der Waals surface area contributed by atoms with E-state index >= 15 is 0 Å². The van der Waals surface area contributed by atoms with E-state index in [9.17, 15) is 4.79 Å². The number of hydrogen-bond donors (Lipinski definition) is 0. The monoisotopic (exact) mass is 134 g/mol. The van der Waals surface area contributed by atoms with Crippen molar-refractivity contribution in [2.75, 3.05) is 0 Å². The number of rotatable bonds is 3. The van der Waals surface area contributed by atoms with Gasteiger partial charge >= 0.3 is 0 Å². The molecule has 0 bridgehead atoms. The molecule has 0 spiro atoms. The second-order valence-corrected chi connectivity index (χ2v) is 2.30. The third-order valence-corrected chi connectivity index (χ3v) is 1.28. The molecule has 0 aromatic carbocycles. The van der Waals surface area contributed by atoms with Gasteiger partial charge in [-0.25, -0.2) is 0 Å². The Balaban J connectivity index is 2.41. The van der Waals surface area contributed by atoms with Crippen LogP contribution in [0.1, 0.15) is 12.8 Å². The molecular weight excluding hydrogens is 124 g/mol. The summed E-state index contributed by atoms with van der Waals surface area (Å²) in [5.41, 5.74) is 1.26. The van der Waals surface area contributed by atoms with Crippen molar-refractivity contribution in [1.82, 2.24) is 0 Å². The molecule has 0 aromatic heterocycles. The number of carbonyl (C=O) groups excluding carboxylic acids is 1. The summed E-state index contributed by atoms with van der Waals surface area (Å²) in [7, 11) is 0. The molecule has 10 heavy (non-hydrogen) atoms. The summed E-state index contributed by atoms with van der Waals surface area (Å²) < 4.78 is 0. The van der Waals surface area contributed by atoms with Crippen LogP contribution < -0.4 is 0 Å². The SMILES string of the molecule is C=C/C=C/C(=O)C=C1CC1. The lowest BCUT2D eigenvalue weighted by atomic mass is 10.3. The average Bonchev–Trinajstić information content (AvgIpc) is 2.67. The normalized spacial score (nSPS) is 15.4. The van der Waals surface area contributed by atoms with E-state index in [1.165, 1.54) is 11.6 Å². The van der Waals surface area contributed by atoms with Gasteiger partial charge in [0.05, 0.1) is 0 Å². The largest absolute Gasteiger partial charge is 0.290 e. The zero-order chi connectivity index (χ0) is 7.40. The highest BCUT2D eigenvalue weighted by atomic mass is 16.1. The summed E-state index contributed by atoms with van der Waals surface area (Å²) in [6, 6.07) is 0. The lowest BCUT2D eigenvalue weighted by Gasteiger charge is -1.77. The minimum absolute atomic E-state index is 0.0763. The average molecular weight is 134 g/mol. The van der Waals surface area contributed by atoms with Crippen molar-refractivity contribution in [3.63, 3.8) is 0 Å². The Kier molecular flexibility index (Phi) is 2.21. The van der Waals surface area contributed by atoms with Crippen molar-refractivity contribution in [3.8, 4) is 0 Å². The van der Waals surface area contributed by atoms with E-state index in [1.807, 2.05) is 0 Å². The van der Waals surface area contributed by atoms with Gasteiger partial charge in [0.2, 0.25) is 0 Å². The van der Waals surface area contributed by atoms with E-state index in [1.54, 1.807) is 18.2 Å². The minimum atomic E-state index is 0.0763. The molecule has 0 heterocycles. The number of carbonyl (C=O) groups is 1. The fourth-order valence-electron chi connectivity index (χ4n) is 0.629. The fourth-order valence-corrected chi connectivity index (χ4v) is 0.629. The molecule has 0 amide bonds. The Morgan fingerprint density at radius 2 is 2.20 bits per heavy atom. The molecular formula is C9H10O. The molecule has 0 saturated heterocycles. The van der Waals surface area contributed by atoms with Crippen molar-refractivity contribution in [2.24, 2.45) is 0 Å². The summed E-state index contributed by atoms with van der Waals surface area (Å²) in [5.74, 6) is 0.0763. The van der Waals surface area contributed by atoms with Crippen LogP contribution in [-0.2, 0) is 4.79 Å². The Bertz CT molecular complexity index is 203. The van der Waals surface area contributed by atoms with E-state index in [-0.39, 0.29) is 5.78 Å². The van der Waals surface area contributed by atoms with Crippen LogP contribution in [0.5, 0.6) is 0 Å². The van der Waals surface area contributed by atoms with Gasteiger partial charge in [-0.3, -0.25) is 4.79 Å². The van der Waals surface area contributed by atoms with Gasteiger partial charge in [0.15, 0.2) is 5.78 Å². The topological polar surface area (TPSA) is 17.1 Å². The summed E-state index contributed by atoms with van der Waals surface area (Å²) in [6.45, 7) is 3.47. The summed E-state index contributed by atoms with van der Waals surface area (Å²) in [5, 5.41) is 0. The Labute approximate surface area is 60.7 Å². The van der Waals surface area contributed by atoms with E-state index in [0.717, 1.165) is 12.8 Å². The first-order valence-corrected chi connectivity index (χ1v) is 3.35. The van der Waals surface area contributed by atoms with Gasteiger partial charge in [0.25, 0.3) is 0 Å². The minimum Gasteiger partial charge on any atom is -0.290 e. The highest BCUT2D eigenvalue weighted by Crippen LogP contribution is 2.27. The molecule has 0 unspecified atom stereocenters. The maximum absolute atomic E-state index is 10.8. The summed E-state index contributed by atoms with van der Waals surface area (Å²) >= 11 is 0. The van der Waals surface area contributed by atoms with Gasteiger partial charge < -0.3 is 0 Å². The molecule has 0 aliphatic heterocycles. The third kappa shape index (κ3) is 2.44. The maximum Gasteiger partial charge on any atom is 0.178 e. The fraction of sp³-hybridized carbons (Fsp3) is 0.222. The highest BCUT2D eigenvalue weighted by Gasteiger charge is 2.10. The van der Waals surface area contributed by atoms with E-state index in [4.69, 9.17) is 0 Å². The van der Waals surface area contributed by atoms with Gasteiger partial charge in [-0.05, 0) is 25.0 Å². The van der Waals surface area contributed by atoms with Crippen molar-refractivity contribution in [2.45, 2.75) is 12.8 Å². The standard InChI is InChI=1S/C9H10O/c1-2-3-4-9(10)7-8-5-6-8/h2-4,7H,1,5-6H2/b4-3+. The van der Waals surface area contributed by atoms with Crippen LogP contribution in [0.4, 0.5) is 0 Å². The molecule has 0 atom stereocenters. The first kappa shape index (κ1) is 7.00. The summed E-state index contributed by atoms with van der Waals surface area (Å²) in [4.78, 5) is 10.8. The predicted molar refractivity (Wildman–Crippen MR) is 41.7 cm³/mol. The van der Waals surface area contributed by atoms with E-state index < -0.39 is 0 Å². The van der Waals surface area contributed by atoms with Gasteiger partial charge in [0, 0.05) is 0 Å². The van der Waals surface area contributed by atoms with Crippen molar-refractivity contribution >= 4 is 5.78 Å². The van der Waals surface area contributed by atoms with Gasteiger partial charge in [-0.1, -0.05) is 24.3 Å². The van der Waals surface area contributed by atoms with Gasteiger partial charge in [-0.15, -0.1) is 0 Å². The van der Waals surface area contributed by atoms with Crippen LogP contribution in [-0.4, -0.2) is 5.78 Å². The van der Waals surface area contributed by atoms with Crippen LogP contribution in [0.15, 0.2) is 36.5 Å². The first-order chi connectivity index (χ1) is 4.83. The van der Waals surface area contributed by atoms with Crippen LogP contribution in [0.2, 0.25) is 0 Å². The van der Waals surface area contributed by atoms with Crippen LogP contribution in [0.25, 0.3) is 0 Å². The number of allylic oxidation sites excluding steroid dienone is 5. The van der Waals surface area contributed by atoms with Crippen LogP contribution in [0.3, 0.4) is 0 Å². The second-order valence-electron chi connectivity index (χ2n) is 2.30. The van der Waals surface area contributed by atoms with E-state index in [0.29, 0.717) is 0 Å². The smallest absolute Gasteiger partial charge is 0.178 e. The highest BCUT2D eigenvalue weighted by molar-refractivity contribution is 6.00. The molecule has 1 fully saturated rings. The molecule has 0 aromatic rings. The van der Waals surface area contributed by atoms with Crippen LogP contribution in [0, 0.1) is 0 Å². The Morgan fingerprint density at radius 1 is 1.50 bits per heavy atom. The Hall–Kier alpha value is -1.11. The Morgan fingerprint density at radius 3 is 2.70 bits per heavy atom. The third-order valence-electron chi connectivity index (χ3n) is 1.28. The molecule has 52 valence electrons. The number of hydrogen-bond acceptors (Lipinski definition) is 1. The van der Waals surface area contributed by atoms with Crippen LogP contribution >= 0.6 is 0 Å². The van der Waals surface area contributed by atoms with Crippen molar-refractivity contribution in [3.05, 3.63) is 36.5 Å². The molecule has 0 N–H and O–H groups in total. The lowest BCUT2D eigenvalue weighted by Crippen LogP contribution is -1.82. The molecule has 1 aliphatic rings. The molecule has 1 nitrogen and oxygen atoms in total. The van der Waals surface area contributed by atoms with E-state index in [2.05, 4.69) is 6.58 Å². The first-order valence-electron chi connectivity index (χ1n) is 3.35. The molecule has 0 radical (unpaired) electrons. The summed E-state index contributed by atoms with van der Waals surface area (Å²) in [6.07, 6.45) is 8.69. The quantitative estimate of drug-likeness (QED) is 0.426. The predicted octanol–water partition coefficient (Wildman–Crippen LogP) is 2.02. The van der Waals surface area contributed by atoms with Crippen molar-refractivity contribution < 1.29 is 4.79 Å². The van der Waals surface area contributed by atoms with Gasteiger partial charge in [-0.2, -0.15) is 0 Å².